The summed E-state index contributed by atoms with van der Waals surface area (Å²) in [4.78, 5) is 22.8. The van der Waals surface area contributed by atoms with Gasteiger partial charge < -0.3 is 9.47 Å². The first-order chi connectivity index (χ1) is 11.5. The SMILES string of the molecule is C=CCc1c(OC(C)=O)ccc2ccc(OC(C)=O)c(CC=C)c12. The Morgan fingerprint density at radius 2 is 1.29 bits per heavy atom. The molecule has 0 aliphatic heterocycles. The molecule has 0 N–H and O–H groups in total. The van der Waals surface area contributed by atoms with Crippen molar-refractivity contribution in [3.8, 4) is 11.5 Å². The number of allylic oxidation sites excluding steroid dienone is 2. The molecule has 2 aromatic carbocycles. The van der Waals surface area contributed by atoms with E-state index in [9.17, 15) is 9.59 Å². The molecule has 0 heterocycles. The molecule has 0 atom stereocenters. The van der Waals surface area contributed by atoms with Crippen molar-refractivity contribution in [3.63, 3.8) is 0 Å². The highest BCUT2D eigenvalue weighted by Gasteiger charge is 2.16. The summed E-state index contributed by atoms with van der Waals surface area (Å²) in [5.41, 5.74) is 1.67. The first kappa shape index (κ1) is 17.5. The molecule has 0 saturated carbocycles. The van der Waals surface area contributed by atoms with Crippen LogP contribution in [0.1, 0.15) is 25.0 Å². The number of carbonyl (C=O) groups excluding carboxylic acids is 2. The van der Waals surface area contributed by atoms with Gasteiger partial charge in [0, 0.05) is 25.0 Å². The maximum atomic E-state index is 11.4. The number of rotatable bonds is 6. The van der Waals surface area contributed by atoms with E-state index < -0.39 is 0 Å². The van der Waals surface area contributed by atoms with Crippen molar-refractivity contribution in [2.75, 3.05) is 0 Å². The highest BCUT2D eigenvalue weighted by Crippen LogP contribution is 2.36. The molecule has 24 heavy (non-hydrogen) atoms. The summed E-state index contributed by atoms with van der Waals surface area (Å²) in [5.74, 6) is 0.197. The molecule has 0 spiro atoms. The zero-order valence-electron chi connectivity index (χ0n) is 13.9. The maximum absolute atomic E-state index is 11.4. The number of benzene rings is 2. The summed E-state index contributed by atoms with van der Waals surface area (Å²) in [6.45, 7) is 10.3. The van der Waals surface area contributed by atoms with E-state index in [2.05, 4.69) is 13.2 Å². The minimum Gasteiger partial charge on any atom is -0.426 e. The van der Waals surface area contributed by atoms with E-state index in [1.165, 1.54) is 13.8 Å². The van der Waals surface area contributed by atoms with E-state index in [0.29, 0.717) is 24.3 Å². The zero-order valence-corrected chi connectivity index (χ0v) is 13.9. The van der Waals surface area contributed by atoms with Gasteiger partial charge in [-0.15, -0.1) is 13.2 Å². The van der Waals surface area contributed by atoms with Crippen LogP contribution in [-0.2, 0) is 22.4 Å². The van der Waals surface area contributed by atoms with E-state index >= 15 is 0 Å². The fraction of sp³-hybridized carbons (Fsp3) is 0.200. The van der Waals surface area contributed by atoms with E-state index in [-0.39, 0.29) is 11.9 Å². The summed E-state index contributed by atoms with van der Waals surface area (Å²) in [5, 5.41) is 1.86. The molecule has 2 aromatic rings. The van der Waals surface area contributed by atoms with Gasteiger partial charge >= 0.3 is 11.9 Å². The van der Waals surface area contributed by atoms with Crippen molar-refractivity contribution >= 4 is 22.7 Å². The smallest absolute Gasteiger partial charge is 0.308 e. The summed E-state index contributed by atoms with van der Waals surface area (Å²) in [6, 6.07) is 7.30. The molecule has 0 aliphatic rings. The third-order valence-corrected chi connectivity index (χ3v) is 3.52. The summed E-state index contributed by atoms with van der Waals surface area (Å²) < 4.78 is 10.7. The van der Waals surface area contributed by atoms with Gasteiger partial charge in [-0.3, -0.25) is 9.59 Å². The van der Waals surface area contributed by atoms with Crippen molar-refractivity contribution in [1.29, 1.82) is 0 Å². The fourth-order valence-electron chi connectivity index (χ4n) is 2.73. The molecule has 0 aromatic heterocycles. The van der Waals surface area contributed by atoms with Crippen LogP contribution in [0.4, 0.5) is 0 Å². The van der Waals surface area contributed by atoms with Gasteiger partial charge in [0.05, 0.1) is 0 Å². The van der Waals surface area contributed by atoms with Gasteiger partial charge in [-0.2, -0.15) is 0 Å². The first-order valence-electron chi connectivity index (χ1n) is 7.64. The van der Waals surface area contributed by atoms with E-state index in [0.717, 1.165) is 21.9 Å². The molecule has 124 valence electrons. The summed E-state index contributed by atoms with van der Waals surface area (Å²) >= 11 is 0. The lowest BCUT2D eigenvalue weighted by Gasteiger charge is -2.16. The molecular weight excluding hydrogens is 304 g/mol. The monoisotopic (exact) mass is 324 g/mol. The van der Waals surface area contributed by atoms with Crippen molar-refractivity contribution < 1.29 is 19.1 Å². The molecule has 4 nitrogen and oxygen atoms in total. The number of carbonyl (C=O) groups is 2. The average Bonchev–Trinajstić information content (AvgIpc) is 2.51. The van der Waals surface area contributed by atoms with E-state index in [1.54, 1.807) is 24.3 Å². The van der Waals surface area contributed by atoms with Gasteiger partial charge in [0.2, 0.25) is 0 Å². The second kappa shape index (κ2) is 7.59. The highest BCUT2D eigenvalue weighted by atomic mass is 16.5. The Balaban J connectivity index is 2.81. The predicted octanol–water partition coefficient (Wildman–Crippen LogP) is 4.15. The normalized spacial score (nSPS) is 10.2. The third kappa shape index (κ3) is 3.71. The van der Waals surface area contributed by atoms with Crippen LogP contribution in [0.5, 0.6) is 11.5 Å². The number of fused-ring (bicyclic) bond motifs is 1. The third-order valence-electron chi connectivity index (χ3n) is 3.52. The lowest BCUT2D eigenvalue weighted by molar-refractivity contribution is -0.132. The first-order valence-corrected chi connectivity index (χ1v) is 7.64. The van der Waals surface area contributed by atoms with Crippen LogP contribution in [0.25, 0.3) is 10.8 Å². The number of hydrogen-bond donors (Lipinski definition) is 0. The van der Waals surface area contributed by atoms with Gasteiger partial charge in [0.15, 0.2) is 0 Å². The quantitative estimate of drug-likeness (QED) is 0.455. The molecule has 2 rings (SSSR count). The molecule has 0 fully saturated rings. The fourth-order valence-corrected chi connectivity index (χ4v) is 2.73. The molecule has 4 heteroatoms. The molecule has 0 radical (unpaired) electrons. The zero-order chi connectivity index (χ0) is 17.7. The molecule has 0 bridgehead atoms. The Morgan fingerprint density at radius 1 is 0.875 bits per heavy atom. The lowest BCUT2D eigenvalue weighted by Crippen LogP contribution is -2.07. The topological polar surface area (TPSA) is 52.6 Å². The average molecular weight is 324 g/mol. The van der Waals surface area contributed by atoms with Crippen LogP contribution in [0.3, 0.4) is 0 Å². The standard InChI is InChI=1S/C20H20O4/c1-5-7-16-18(23-13(3)21)11-9-15-10-12-19(24-14(4)22)17(8-6-2)20(15)16/h5-6,9-12H,1-2,7-8H2,3-4H3. The van der Waals surface area contributed by atoms with Crippen LogP contribution >= 0.6 is 0 Å². The maximum Gasteiger partial charge on any atom is 0.308 e. The number of esters is 2. The van der Waals surface area contributed by atoms with Crippen molar-refractivity contribution in [1.82, 2.24) is 0 Å². The number of hydrogen-bond acceptors (Lipinski definition) is 4. The second-order valence-corrected chi connectivity index (χ2v) is 5.36. The Kier molecular flexibility index (Phi) is 5.53. The molecule has 0 unspecified atom stereocenters. The van der Waals surface area contributed by atoms with Gasteiger partial charge in [-0.1, -0.05) is 24.3 Å². The van der Waals surface area contributed by atoms with Crippen molar-refractivity contribution in [2.24, 2.45) is 0 Å². The van der Waals surface area contributed by atoms with Crippen LogP contribution in [0.2, 0.25) is 0 Å². The van der Waals surface area contributed by atoms with E-state index in [4.69, 9.17) is 9.47 Å². The van der Waals surface area contributed by atoms with Gasteiger partial charge in [0.1, 0.15) is 11.5 Å². The summed E-state index contributed by atoms with van der Waals surface area (Å²) in [7, 11) is 0. The Bertz CT molecular complexity index is 753. The molecule has 0 aliphatic carbocycles. The number of ether oxygens (including phenoxy) is 2. The van der Waals surface area contributed by atoms with Crippen LogP contribution in [-0.4, -0.2) is 11.9 Å². The van der Waals surface area contributed by atoms with Gasteiger partial charge in [-0.05, 0) is 35.7 Å². The molecular formula is C20H20O4. The Morgan fingerprint density at radius 3 is 1.62 bits per heavy atom. The largest absolute Gasteiger partial charge is 0.426 e. The van der Waals surface area contributed by atoms with Crippen LogP contribution in [0, 0.1) is 0 Å². The molecule has 0 amide bonds. The minimum atomic E-state index is -0.388. The lowest BCUT2D eigenvalue weighted by atomic mass is 9.94. The minimum absolute atomic E-state index is 0.388. The second-order valence-electron chi connectivity index (χ2n) is 5.36. The van der Waals surface area contributed by atoms with Crippen molar-refractivity contribution in [3.05, 3.63) is 60.7 Å². The Hall–Kier alpha value is -2.88. The van der Waals surface area contributed by atoms with Crippen LogP contribution < -0.4 is 9.47 Å². The Labute approximate surface area is 141 Å². The van der Waals surface area contributed by atoms with Crippen LogP contribution in [0.15, 0.2) is 49.6 Å². The van der Waals surface area contributed by atoms with Crippen molar-refractivity contribution in [2.45, 2.75) is 26.7 Å². The van der Waals surface area contributed by atoms with Gasteiger partial charge in [0.25, 0.3) is 0 Å². The summed E-state index contributed by atoms with van der Waals surface area (Å²) in [6.07, 6.45) is 4.54. The highest BCUT2D eigenvalue weighted by molar-refractivity contribution is 5.94. The van der Waals surface area contributed by atoms with E-state index in [1.807, 2.05) is 12.1 Å². The predicted molar refractivity (Wildman–Crippen MR) is 94.4 cm³/mol. The molecule has 0 saturated heterocycles. The van der Waals surface area contributed by atoms with Gasteiger partial charge in [-0.25, -0.2) is 0 Å².